The fraction of sp³-hybridized carbons (Fsp3) is 0.824. The van der Waals surface area contributed by atoms with Crippen LogP contribution in [0, 0.1) is 0 Å². The van der Waals surface area contributed by atoms with E-state index >= 15 is 0 Å². The van der Waals surface area contributed by atoms with Gasteiger partial charge in [-0.15, -0.1) is 0 Å². The lowest BCUT2D eigenvalue weighted by atomic mass is 10.0. The third-order valence-electron chi connectivity index (χ3n) is 5.19. The maximum Gasteiger partial charge on any atom is 0.202 e. The van der Waals surface area contributed by atoms with E-state index in [4.69, 9.17) is 0 Å². The fourth-order valence-electron chi connectivity index (χ4n) is 3.82. The highest BCUT2D eigenvalue weighted by atomic mass is 15.2. The van der Waals surface area contributed by atoms with Gasteiger partial charge in [-0.3, -0.25) is 0 Å². The lowest BCUT2D eigenvalue weighted by molar-refractivity contribution is 0.157. The maximum atomic E-state index is 4.50. The molecule has 1 unspecified atom stereocenters. The van der Waals surface area contributed by atoms with Gasteiger partial charge in [0.15, 0.2) is 0 Å². The van der Waals surface area contributed by atoms with Gasteiger partial charge in [0.2, 0.25) is 5.95 Å². The van der Waals surface area contributed by atoms with Crippen LogP contribution in [0.4, 0.5) is 5.95 Å². The number of hydrogen-bond acceptors (Lipinski definition) is 3. The third-order valence-corrected chi connectivity index (χ3v) is 5.19. The van der Waals surface area contributed by atoms with Crippen LogP contribution in [0.15, 0.2) is 12.4 Å². The van der Waals surface area contributed by atoms with Crippen molar-refractivity contribution >= 4 is 5.95 Å². The maximum absolute atomic E-state index is 4.50. The Bertz CT molecular complexity index is 422. The first kappa shape index (κ1) is 14.9. The zero-order chi connectivity index (χ0) is 14.5. The van der Waals surface area contributed by atoms with Crippen LogP contribution in [0.3, 0.4) is 0 Å². The molecule has 1 aliphatic carbocycles. The van der Waals surface area contributed by atoms with Gasteiger partial charge in [-0.2, -0.15) is 0 Å². The molecule has 1 saturated heterocycles. The van der Waals surface area contributed by atoms with E-state index in [-0.39, 0.29) is 0 Å². The molecule has 0 amide bonds. The molecule has 3 rings (SSSR count). The second-order valence-electron chi connectivity index (χ2n) is 6.80. The Morgan fingerprint density at radius 2 is 1.95 bits per heavy atom. The smallest absolute Gasteiger partial charge is 0.202 e. The summed E-state index contributed by atoms with van der Waals surface area (Å²) in [6.07, 6.45) is 14.8. The van der Waals surface area contributed by atoms with Crippen molar-refractivity contribution in [1.82, 2.24) is 14.5 Å². The van der Waals surface area contributed by atoms with Gasteiger partial charge in [0.1, 0.15) is 0 Å². The van der Waals surface area contributed by atoms with E-state index in [1.165, 1.54) is 64.5 Å². The molecule has 1 N–H and O–H groups in total. The Labute approximate surface area is 128 Å². The molecule has 118 valence electrons. The van der Waals surface area contributed by atoms with Gasteiger partial charge in [-0.05, 0) is 45.6 Å². The van der Waals surface area contributed by atoms with Gasteiger partial charge in [0.05, 0.1) is 0 Å². The normalized spacial score (nSPS) is 24.5. The number of nitrogens with zero attached hydrogens (tertiary/aromatic N) is 3. The van der Waals surface area contributed by atoms with E-state index < -0.39 is 0 Å². The predicted octanol–water partition coefficient (Wildman–Crippen LogP) is 3.50. The van der Waals surface area contributed by atoms with Crippen molar-refractivity contribution < 1.29 is 0 Å². The molecular formula is C17H30N4. The minimum atomic E-state index is 0.647. The molecule has 1 aromatic heterocycles. The molecule has 21 heavy (non-hydrogen) atoms. The molecule has 2 heterocycles. The molecule has 0 bridgehead atoms. The Morgan fingerprint density at radius 1 is 1.14 bits per heavy atom. The van der Waals surface area contributed by atoms with Crippen LogP contribution in [0.25, 0.3) is 0 Å². The number of nitrogens with one attached hydrogen (secondary N) is 1. The standard InChI is InChI=1S/C17H30N4/c1-15-7-4-5-11-20(15)12-6-13-21-14-10-18-17(21)19-16-8-2-3-9-16/h10,14-16H,2-9,11-13H2,1H3,(H,18,19). The van der Waals surface area contributed by atoms with Crippen LogP contribution in [0.1, 0.15) is 58.3 Å². The molecule has 0 radical (unpaired) electrons. The molecule has 1 aromatic rings. The summed E-state index contributed by atoms with van der Waals surface area (Å²) in [5.41, 5.74) is 0. The Kier molecular flexibility index (Phi) is 5.17. The van der Waals surface area contributed by atoms with Crippen molar-refractivity contribution in [3.63, 3.8) is 0 Å². The summed E-state index contributed by atoms with van der Waals surface area (Å²) >= 11 is 0. The number of hydrogen-bond donors (Lipinski definition) is 1. The number of aromatic nitrogens is 2. The Hall–Kier alpha value is -1.03. The summed E-state index contributed by atoms with van der Waals surface area (Å²) in [4.78, 5) is 7.16. The van der Waals surface area contributed by atoms with Crippen LogP contribution in [-0.4, -0.2) is 39.6 Å². The van der Waals surface area contributed by atoms with Crippen molar-refractivity contribution in [2.45, 2.75) is 76.9 Å². The van der Waals surface area contributed by atoms with Crippen LogP contribution in [-0.2, 0) is 6.54 Å². The van der Waals surface area contributed by atoms with E-state index in [2.05, 4.69) is 32.9 Å². The van der Waals surface area contributed by atoms with Gasteiger partial charge in [-0.25, -0.2) is 4.98 Å². The minimum Gasteiger partial charge on any atom is -0.353 e. The molecule has 0 aromatic carbocycles. The first-order valence-electron chi connectivity index (χ1n) is 8.84. The van der Waals surface area contributed by atoms with Gasteiger partial charge in [-0.1, -0.05) is 19.3 Å². The number of anilines is 1. The molecule has 1 saturated carbocycles. The van der Waals surface area contributed by atoms with E-state index in [1.807, 2.05) is 6.20 Å². The summed E-state index contributed by atoms with van der Waals surface area (Å²) in [5, 5.41) is 3.62. The van der Waals surface area contributed by atoms with Crippen molar-refractivity contribution in [2.75, 3.05) is 18.4 Å². The van der Waals surface area contributed by atoms with Gasteiger partial charge < -0.3 is 14.8 Å². The first-order valence-corrected chi connectivity index (χ1v) is 8.84. The number of rotatable bonds is 6. The highest BCUT2D eigenvalue weighted by molar-refractivity contribution is 5.27. The molecule has 1 aliphatic heterocycles. The first-order chi connectivity index (χ1) is 10.3. The third kappa shape index (κ3) is 4.00. The average molecular weight is 290 g/mol. The molecular weight excluding hydrogens is 260 g/mol. The lowest BCUT2D eigenvalue weighted by Crippen LogP contribution is -2.38. The van der Waals surface area contributed by atoms with E-state index in [0.717, 1.165) is 18.5 Å². The number of imidazole rings is 1. The molecule has 4 heteroatoms. The van der Waals surface area contributed by atoms with E-state index in [9.17, 15) is 0 Å². The molecule has 2 fully saturated rings. The van der Waals surface area contributed by atoms with Crippen LogP contribution < -0.4 is 5.32 Å². The quantitative estimate of drug-likeness (QED) is 0.870. The summed E-state index contributed by atoms with van der Waals surface area (Å²) in [5.74, 6) is 1.08. The van der Waals surface area contributed by atoms with Gasteiger partial charge >= 0.3 is 0 Å². The summed E-state index contributed by atoms with van der Waals surface area (Å²) in [6, 6.07) is 1.42. The van der Waals surface area contributed by atoms with Crippen LogP contribution >= 0.6 is 0 Å². The van der Waals surface area contributed by atoms with Crippen LogP contribution in [0.2, 0.25) is 0 Å². The number of likely N-dealkylation sites (tertiary alicyclic amines) is 1. The summed E-state index contributed by atoms with van der Waals surface area (Å²) in [6.45, 7) is 5.97. The monoisotopic (exact) mass is 290 g/mol. The Morgan fingerprint density at radius 3 is 2.76 bits per heavy atom. The van der Waals surface area contributed by atoms with Crippen LogP contribution in [0.5, 0.6) is 0 Å². The number of piperidine rings is 1. The molecule has 0 spiro atoms. The van der Waals surface area contributed by atoms with Crippen molar-refractivity contribution in [2.24, 2.45) is 0 Å². The SMILES string of the molecule is CC1CCCCN1CCCn1ccnc1NC1CCCC1. The fourth-order valence-corrected chi connectivity index (χ4v) is 3.82. The highest BCUT2D eigenvalue weighted by Gasteiger charge is 2.18. The van der Waals surface area contributed by atoms with E-state index in [0.29, 0.717) is 6.04 Å². The topological polar surface area (TPSA) is 33.1 Å². The largest absolute Gasteiger partial charge is 0.353 e. The summed E-state index contributed by atoms with van der Waals surface area (Å²) < 4.78 is 2.30. The van der Waals surface area contributed by atoms with Crippen molar-refractivity contribution in [3.05, 3.63) is 12.4 Å². The predicted molar refractivity (Wildman–Crippen MR) is 87.6 cm³/mol. The minimum absolute atomic E-state index is 0.647. The molecule has 2 aliphatic rings. The van der Waals surface area contributed by atoms with Crippen molar-refractivity contribution in [3.8, 4) is 0 Å². The van der Waals surface area contributed by atoms with E-state index in [1.54, 1.807) is 0 Å². The summed E-state index contributed by atoms with van der Waals surface area (Å²) in [7, 11) is 0. The number of aryl methyl sites for hydroxylation is 1. The Balaban J connectivity index is 1.45. The zero-order valence-electron chi connectivity index (χ0n) is 13.4. The average Bonchev–Trinajstić information content (AvgIpc) is 3.14. The van der Waals surface area contributed by atoms with Gasteiger partial charge in [0.25, 0.3) is 0 Å². The second-order valence-corrected chi connectivity index (χ2v) is 6.80. The molecule has 1 atom stereocenters. The zero-order valence-corrected chi connectivity index (χ0v) is 13.4. The van der Waals surface area contributed by atoms with Crippen molar-refractivity contribution in [1.29, 1.82) is 0 Å². The lowest BCUT2D eigenvalue weighted by Gasteiger charge is -2.33. The second kappa shape index (κ2) is 7.30. The highest BCUT2D eigenvalue weighted by Crippen LogP contribution is 2.22. The van der Waals surface area contributed by atoms with Gasteiger partial charge in [0, 0.05) is 37.6 Å². The molecule has 4 nitrogen and oxygen atoms in total.